The van der Waals surface area contributed by atoms with Gasteiger partial charge in [0.25, 0.3) is 0 Å². The minimum Gasteiger partial charge on any atom is -0.464 e. The van der Waals surface area contributed by atoms with Gasteiger partial charge in [0.2, 0.25) is 0 Å². The van der Waals surface area contributed by atoms with Gasteiger partial charge in [0.05, 0.1) is 13.2 Å². The van der Waals surface area contributed by atoms with E-state index in [9.17, 15) is 9.59 Å². The van der Waals surface area contributed by atoms with Gasteiger partial charge in [0.1, 0.15) is 6.04 Å². The van der Waals surface area contributed by atoms with Crippen molar-refractivity contribution in [3.63, 3.8) is 0 Å². The molecule has 16 heavy (non-hydrogen) atoms. The quantitative estimate of drug-likeness (QED) is 0.707. The van der Waals surface area contributed by atoms with Gasteiger partial charge in [-0.1, -0.05) is 20.8 Å². The van der Waals surface area contributed by atoms with E-state index in [-0.39, 0.29) is 12.5 Å². The molecule has 0 aromatic rings. The Morgan fingerprint density at radius 2 is 1.81 bits per heavy atom. The van der Waals surface area contributed by atoms with E-state index >= 15 is 0 Å². The maximum absolute atomic E-state index is 11.6. The molecule has 0 saturated heterocycles. The van der Waals surface area contributed by atoms with Gasteiger partial charge in [-0.3, -0.25) is 0 Å². The lowest BCUT2D eigenvalue weighted by Gasteiger charge is -2.20. The summed E-state index contributed by atoms with van der Waals surface area (Å²) >= 11 is 0. The van der Waals surface area contributed by atoms with E-state index in [1.807, 2.05) is 20.8 Å². The Balaban J connectivity index is 4.26. The lowest BCUT2D eigenvalue weighted by atomic mass is 10.1. The summed E-state index contributed by atoms with van der Waals surface area (Å²) in [5.41, 5.74) is 0. The van der Waals surface area contributed by atoms with Crippen LogP contribution in [0.25, 0.3) is 0 Å². The summed E-state index contributed by atoms with van der Waals surface area (Å²) in [6, 6.07) is -0.648. The van der Waals surface area contributed by atoms with Crippen LogP contribution in [0.4, 0.5) is 4.79 Å². The number of hydrogen-bond acceptors (Lipinski definition) is 4. The Hall–Kier alpha value is -1.26. The molecule has 5 nitrogen and oxygen atoms in total. The van der Waals surface area contributed by atoms with Gasteiger partial charge in [0.15, 0.2) is 0 Å². The average Bonchev–Trinajstić information content (AvgIpc) is 2.22. The molecule has 94 valence electrons. The van der Waals surface area contributed by atoms with Crippen LogP contribution in [0.3, 0.4) is 0 Å². The van der Waals surface area contributed by atoms with Crippen molar-refractivity contribution < 1.29 is 19.1 Å². The summed E-state index contributed by atoms with van der Waals surface area (Å²) in [4.78, 5) is 22.8. The van der Waals surface area contributed by atoms with Crippen LogP contribution < -0.4 is 5.32 Å². The Morgan fingerprint density at radius 1 is 1.19 bits per heavy atom. The zero-order chi connectivity index (χ0) is 12.6. The predicted octanol–water partition coefficient (Wildman–Crippen LogP) is 1.71. The van der Waals surface area contributed by atoms with Crippen LogP contribution >= 0.6 is 0 Å². The second-order valence-corrected chi connectivity index (χ2v) is 3.75. The first kappa shape index (κ1) is 14.7. The third-order valence-electron chi connectivity index (χ3n) is 1.92. The Bertz CT molecular complexity index is 228. The molecule has 0 radical (unpaired) electrons. The fourth-order valence-corrected chi connectivity index (χ4v) is 1.09. The molecule has 0 aliphatic heterocycles. The largest absolute Gasteiger partial charge is 0.464 e. The number of carbonyl (C=O) groups is 2. The van der Waals surface area contributed by atoms with E-state index in [1.54, 1.807) is 6.92 Å². The molecule has 0 aliphatic rings. The van der Waals surface area contributed by atoms with E-state index in [2.05, 4.69) is 5.32 Å². The molecule has 0 unspecified atom stereocenters. The van der Waals surface area contributed by atoms with Crippen LogP contribution in [0, 0.1) is 5.92 Å². The zero-order valence-electron chi connectivity index (χ0n) is 10.4. The number of esters is 1. The summed E-state index contributed by atoms with van der Waals surface area (Å²) in [7, 11) is 0. The summed E-state index contributed by atoms with van der Waals surface area (Å²) in [6.07, 6.45) is 0.172. The van der Waals surface area contributed by atoms with Crippen molar-refractivity contribution in [3.8, 4) is 0 Å². The molecule has 0 bridgehead atoms. The first-order valence-corrected chi connectivity index (χ1v) is 5.62. The molecule has 0 aliphatic carbocycles. The summed E-state index contributed by atoms with van der Waals surface area (Å²) in [5, 5.41) is 2.49. The van der Waals surface area contributed by atoms with E-state index < -0.39 is 18.1 Å². The molecular formula is C11H21NO4. The number of carbonyl (C=O) groups excluding carboxylic acids is 2. The van der Waals surface area contributed by atoms with Crippen LogP contribution in [0.1, 0.15) is 34.1 Å². The maximum Gasteiger partial charge on any atom is 0.407 e. The van der Waals surface area contributed by atoms with Crippen molar-refractivity contribution in [1.82, 2.24) is 5.32 Å². The van der Waals surface area contributed by atoms with Crippen LogP contribution in [0.15, 0.2) is 0 Å². The molecule has 1 amide bonds. The predicted molar refractivity (Wildman–Crippen MR) is 60.0 cm³/mol. The van der Waals surface area contributed by atoms with Gasteiger partial charge in [-0.15, -0.1) is 0 Å². The van der Waals surface area contributed by atoms with Gasteiger partial charge in [0, 0.05) is 0 Å². The second kappa shape index (κ2) is 7.96. The van der Waals surface area contributed by atoms with Gasteiger partial charge in [-0.05, 0) is 19.3 Å². The van der Waals surface area contributed by atoms with Crippen LogP contribution in [0.2, 0.25) is 0 Å². The number of hydrogen-bond donors (Lipinski definition) is 1. The SMILES string of the molecule is CCCOC(=O)[C@@H](NC(=O)OCC)C(C)C. The number of rotatable bonds is 6. The average molecular weight is 231 g/mol. The standard InChI is InChI=1S/C11H21NO4/c1-5-7-16-10(13)9(8(3)4)12-11(14)15-6-2/h8-9H,5-7H2,1-4H3,(H,12,14)/t9-/m0/s1. The third-order valence-corrected chi connectivity index (χ3v) is 1.92. The fourth-order valence-electron chi connectivity index (χ4n) is 1.09. The van der Waals surface area contributed by atoms with Crippen molar-refractivity contribution >= 4 is 12.1 Å². The highest BCUT2D eigenvalue weighted by Gasteiger charge is 2.25. The maximum atomic E-state index is 11.6. The van der Waals surface area contributed by atoms with E-state index in [0.29, 0.717) is 6.61 Å². The molecule has 0 aromatic carbocycles. The lowest BCUT2D eigenvalue weighted by molar-refractivity contribution is -0.147. The minimum atomic E-state index is -0.648. The van der Waals surface area contributed by atoms with Crippen molar-refractivity contribution in [1.29, 1.82) is 0 Å². The monoisotopic (exact) mass is 231 g/mol. The van der Waals surface area contributed by atoms with Crippen molar-refractivity contribution in [3.05, 3.63) is 0 Å². The minimum absolute atomic E-state index is 0.0336. The van der Waals surface area contributed by atoms with Crippen molar-refractivity contribution in [2.24, 2.45) is 5.92 Å². The lowest BCUT2D eigenvalue weighted by Crippen LogP contribution is -2.45. The van der Waals surface area contributed by atoms with Gasteiger partial charge >= 0.3 is 12.1 Å². The van der Waals surface area contributed by atoms with Crippen LogP contribution in [-0.2, 0) is 14.3 Å². The summed E-state index contributed by atoms with van der Waals surface area (Å²) in [5.74, 6) is -0.446. The number of amides is 1. The molecule has 0 heterocycles. The third kappa shape index (κ3) is 5.58. The van der Waals surface area contributed by atoms with Crippen molar-refractivity contribution in [2.75, 3.05) is 13.2 Å². The topological polar surface area (TPSA) is 64.6 Å². The van der Waals surface area contributed by atoms with E-state index in [1.165, 1.54) is 0 Å². The molecule has 1 N–H and O–H groups in total. The zero-order valence-corrected chi connectivity index (χ0v) is 10.4. The molecule has 0 spiro atoms. The highest BCUT2D eigenvalue weighted by molar-refractivity contribution is 5.81. The second-order valence-electron chi connectivity index (χ2n) is 3.75. The molecular weight excluding hydrogens is 210 g/mol. The Morgan fingerprint density at radius 3 is 2.25 bits per heavy atom. The van der Waals surface area contributed by atoms with Gasteiger partial charge < -0.3 is 14.8 Å². The van der Waals surface area contributed by atoms with Crippen LogP contribution in [-0.4, -0.2) is 31.3 Å². The highest BCUT2D eigenvalue weighted by Crippen LogP contribution is 2.04. The van der Waals surface area contributed by atoms with Gasteiger partial charge in [-0.25, -0.2) is 9.59 Å². The molecule has 5 heteroatoms. The Kier molecular flexibility index (Phi) is 7.33. The van der Waals surface area contributed by atoms with E-state index in [0.717, 1.165) is 6.42 Å². The smallest absolute Gasteiger partial charge is 0.407 e. The van der Waals surface area contributed by atoms with E-state index in [4.69, 9.17) is 9.47 Å². The number of alkyl carbamates (subject to hydrolysis) is 1. The molecule has 1 atom stereocenters. The number of nitrogens with one attached hydrogen (secondary N) is 1. The van der Waals surface area contributed by atoms with Crippen LogP contribution in [0.5, 0.6) is 0 Å². The van der Waals surface area contributed by atoms with Crippen molar-refractivity contribution in [2.45, 2.75) is 40.2 Å². The van der Waals surface area contributed by atoms with Gasteiger partial charge in [-0.2, -0.15) is 0 Å². The fraction of sp³-hybridized carbons (Fsp3) is 0.818. The first-order chi connectivity index (χ1) is 7.52. The molecule has 0 rings (SSSR count). The normalized spacial score (nSPS) is 12.1. The highest BCUT2D eigenvalue weighted by atomic mass is 16.6. The molecule has 0 saturated carbocycles. The summed E-state index contributed by atoms with van der Waals surface area (Å²) in [6.45, 7) is 7.94. The summed E-state index contributed by atoms with van der Waals surface area (Å²) < 4.78 is 9.70. The molecule has 0 aromatic heterocycles. The first-order valence-electron chi connectivity index (χ1n) is 5.62. The number of ether oxygens (including phenoxy) is 2. The Labute approximate surface area is 96.5 Å². The molecule has 0 fully saturated rings.